The predicted molar refractivity (Wildman–Crippen MR) is 103 cm³/mol. The summed E-state index contributed by atoms with van der Waals surface area (Å²) < 4.78 is 5.18. The maximum absolute atomic E-state index is 12.5. The van der Waals surface area contributed by atoms with Crippen LogP contribution in [0, 0.1) is 11.8 Å². The van der Waals surface area contributed by atoms with E-state index < -0.39 is 11.4 Å². The SMILES string of the molecule is C=C1NC(=O)N[C@@]1(CNC(=O)c1cc(C(C=NCC2CC2)=CN)no1)C1CC1. The lowest BCUT2D eigenvalue weighted by atomic mass is 9.91. The Morgan fingerprint density at radius 3 is 2.86 bits per heavy atom. The number of allylic oxidation sites excluding steroid dienone is 1. The molecule has 2 aliphatic carbocycles. The molecule has 1 atom stereocenters. The van der Waals surface area contributed by atoms with Gasteiger partial charge in [0, 0.05) is 42.8 Å². The van der Waals surface area contributed by atoms with E-state index >= 15 is 0 Å². The number of carbonyl (C=O) groups is 2. The maximum Gasteiger partial charge on any atom is 0.319 e. The molecule has 2 saturated carbocycles. The molecule has 148 valence electrons. The van der Waals surface area contributed by atoms with E-state index in [-0.39, 0.29) is 24.3 Å². The van der Waals surface area contributed by atoms with E-state index in [9.17, 15) is 9.59 Å². The number of rotatable bonds is 8. The lowest BCUT2D eigenvalue weighted by molar-refractivity contribution is 0.0905. The van der Waals surface area contributed by atoms with Crippen LogP contribution in [-0.4, -0.2) is 41.9 Å². The fourth-order valence-electron chi connectivity index (χ4n) is 3.40. The van der Waals surface area contributed by atoms with E-state index in [1.165, 1.54) is 25.1 Å². The molecular weight excluding hydrogens is 360 g/mol. The molecule has 3 fully saturated rings. The number of nitrogens with one attached hydrogen (secondary N) is 3. The van der Waals surface area contributed by atoms with Gasteiger partial charge in [0.2, 0.25) is 5.76 Å². The minimum absolute atomic E-state index is 0.0683. The fraction of sp³-hybridized carbons (Fsp3) is 0.474. The van der Waals surface area contributed by atoms with Crippen LogP contribution in [0.2, 0.25) is 0 Å². The third-order valence-corrected chi connectivity index (χ3v) is 5.44. The molecule has 1 aromatic heterocycles. The van der Waals surface area contributed by atoms with Crippen LogP contribution in [0.5, 0.6) is 0 Å². The Morgan fingerprint density at radius 1 is 1.46 bits per heavy atom. The first-order valence-electron chi connectivity index (χ1n) is 9.47. The molecule has 0 aromatic carbocycles. The molecule has 1 saturated heterocycles. The van der Waals surface area contributed by atoms with Gasteiger partial charge in [-0.25, -0.2) is 4.79 Å². The van der Waals surface area contributed by atoms with Crippen LogP contribution in [0.25, 0.3) is 5.57 Å². The Hall–Kier alpha value is -3.10. The lowest BCUT2D eigenvalue weighted by Gasteiger charge is -2.29. The minimum Gasteiger partial charge on any atom is -0.404 e. The van der Waals surface area contributed by atoms with Gasteiger partial charge in [-0.3, -0.25) is 9.79 Å². The summed E-state index contributed by atoms with van der Waals surface area (Å²) >= 11 is 0. The van der Waals surface area contributed by atoms with Crippen LogP contribution in [0.15, 0.2) is 34.1 Å². The van der Waals surface area contributed by atoms with Gasteiger partial charge < -0.3 is 26.2 Å². The quantitative estimate of drug-likeness (QED) is 0.499. The molecule has 5 N–H and O–H groups in total. The van der Waals surface area contributed by atoms with Gasteiger partial charge in [0.05, 0.1) is 0 Å². The van der Waals surface area contributed by atoms with Gasteiger partial charge >= 0.3 is 6.03 Å². The molecule has 0 spiro atoms. The molecule has 3 aliphatic rings. The van der Waals surface area contributed by atoms with Gasteiger partial charge in [0.15, 0.2) is 0 Å². The van der Waals surface area contributed by atoms with Crippen molar-refractivity contribution >= 4 is 23.7 Å². The molecule has 3 amide bonds. The van der Waals surface area contributed by atoms with Crippen LogP contribution >= 0.6 is 0 Å². The average molecular weight is 384 g/mol. The van der Waals surface area contributed by atoms with Crippen molar-refractivity contribution < 1.29 is 14.1 Å². The summed E-state index contributed by atoms with van der Waals surface area (Å²) in [5.74, 6) is 0.588. The highest BCUT2D eigenvalue weighted by Gasteiger charge is 2.52. The van der Waals surface area contributed by atoms with Crippen molar-refractivity contribution in [3.8, 4) is 0 Å². The fourth-order valence-corrected chi connectivity index (χ4v) is 3.40. The Kier molecular flexibility index (Phi) is 4.66. The number of hydrogen-bond acceptors (Lipinski definition) is 6. The average Bonchev–Trinajstić information content (AvgIpc) is 3.60. The second-order valence-electron chi connectivity index (χ2n) is 7.62. The second kappa shape index (κ2) is 7.14. The van der Waals surface area contributed by atoms with Crippen molar-refractivity contribution in [2.75, 3.05) is 13.1 Å². The van der Waals surface area contributed by atoms with E-state index in [4.69, 9.17) is 10.3 Å². The minimum atomic E-state index is -0.659. The van der Waals surface area contributed by atoms with Gasteiger partial charge in [0.1, 0.15) is 11.2 Å². The molecule has 9 heteroatoms. The summed E-state index contributed by atoms with van der Waals surface area (Å²) in [6.45, 7) is 4.94. The zero-order chi connectivity index (χ0) is 19.7. The highest BCUT2D eigenvalue weighted by atomic mass is 16.5. The monoisotopic (exact) mass is 384 g/mol. The molecule has 0 radical (unpaired) electrons. The molecule has 9 nitrogen and oxygen atoms in total. The van der Waals surface area contributed by atoms with Gasteiger partial charge in [-0.15, -0.1) is 0 Å². The number of nitrogens with zero attached hydrogens (tertiary/aromatic N) is 2. The Balaban J connectivity index is 1.39. The standard InChI is InChI=1S/C19H24N6O3/c1-11-19(14-4-5-14,24-18(27)23-11)10-22-17(26)16-6-15(25-28-16)13(7-20)9-21-8-12-2-3-12/h6-7,9,12,14H,1-5,8,10,20H2,(H,22,26)(H2,23,24,27)/t19-/m1/s1. The van der Waals surface area contributed by atoms with E-state index in [1.54, 1.807) is 6.21 Å². The summed E-state index contributed by atoms with van der Waals surface area (Å²) in [6, 6.07) is 1.23. The van der Waals surface area contributed by atoms with E-state index in [0.29, 0.717) is 22.9 Å². The zero-order valence-corrected chi connectivity index (χ0v) is 15.5. The number of hydrogen-bond donors (Lipinski definition) is 4. The normalized spacial score (nSPS) is 25.1. The third kappa shape index (κ3) is 3.64. The van der Waals surface area contributed by atoms with Crippen molar-refractivity contribution in [2.24, 2.45) is 22.6 Å². The molecule has 4 rings (SSSR count). The lowest BCUT2D eigenvalue weighted by Crippen LogP contribution is -2.53. The third-order valence-electron chi connectivity index (χ3n) is 5.44. The molecule has 28 heavy (non-hydrogen) atoms. The van der Waals surface area contributed by atoms with Gasteiger partial charge in [-0.1, -0.05) is 11.7 Å². The zero-order valence-electron chi connectivity index (χ0n) is 15.5. The summed E-state index contributed by atoms with van der Waals surface area (Å²) in [5.41, 5.74) is 6.62. The molecule has 1 aromatic rings. The topological polar surface area (TPSA) is 135 Å². The van der Waals surface area contributed by atoms with Crippen LogP contribution in [0.4, 0.5) is 4.79 Å². The van der Waals surface area contributed by atoms with E-state index in [1.807, 2.05) is 0 Å². The highest BCUT2D eigenvalue weighted by molar-refractivity contribution is 6.09. The summed E-state index contributed by atoms with van der Waals surface area (Å²) in [5, 5.41) is 12.3. The first-order chi connectivity index (χ1) is 13.5. The van der Waals surface area contributed by atoms with Crippen molar-refractivity contribution in [3.05, 3.63) is 36.0 Å². The Labute approximate surface area is 162 Å². The van der Waals surface area contributed by atoms with E-state index in [0.717, 1.165) is 19.4 Å². The van der Waals surface area contributed by atoms with Gasteiger partial charge in [0.25, 0.3) is 5.91 Å². The van der Waals surface area contributed by atoms with Crippen LogP contribution in [0.3, 0.4) is 0 Å². The highest BCUT2D eigenvalue weighted by Crippen LogP contribution is 2.43. The first kappa shape index (κ1) is 18.3. The molecule has 1 aliphatic heterocycles. The second-order valence-corrected chi connectivity index (χ2v) is 7.62. The Bertz CT molecular complexity index is 865. The Morgan fingerprint density at radius 2 is 2.25 bits per heavy atom. The molecule has 2 heterocycles. The number of aliphatic imine (C=N–C) groups is 1. The van der Waals surface area contributed by atoms with E-state index in [2.05, 4.69) is 32.7 Å². The predicted octanol–water partition coefficient (Wildman–Crippen LogP) is 1.16. The van der Waals surface area contributed by atoms with Crippen molar-refractivity contribution in [1.82, 2.24) is 21.1 Å². The van der Waals surface area contributed by atoms with Crippen molar-refractivity contribution in [2.45, 2.75) is 31.2 Å². The number of nitrogens with two attached hydrogens (primary N) is 1. The van der Waals surface area contributed by atoms with Crippen molar-refractivity contribution in [3.63, 3.8) is 0 Å². The summed E-state index contributed by atoms with van der Waals surface area (Å²) in [4.78, 5) is 28.6. The number of urea groups is 1. The smallest absolute Gasteiger partial charge is 0.319 e. The summed E-state index contributed by atoms with van der Waals surface area (Å²) in [6.07, 6.45) is 7.45. The summed E-state index contributed by atoms with van der Waals surface area (Å²) in [7, 11) is 0. The van der Waals surface area contributed by atoms with Gasteiger partial charge in [-0.05, 0) is 37.5 Å². The maximum atomic E-state index is 12.5. The van der Waals surface area contributed by atoms with Crippen molar-refractivity contribution in [1.29, 1.82) is 0 Å². The number of amides is 3. The molecule has 0 unspecified atom stereocenters. The molecular formula is C19H24N6O3. The van der Waals surface area contributed by atoms with Gasteiger partial charge in [-0.2, -0.15) is 0 Å². The molecule has 0 bridgehead atoms. The van der Waals surface area contributed by atoms with Crippen LogP contribution in [-0.2, 0) is 0 Å². The largest absolute Gasteiger partial charge is 0.404 e. The number of carbonyl (C=O) groups excluding carboxylic acids is 2. The number of aromatic nitrogens is 1. The van der Waals surface area contributed by atoms with Crippen LogP contribution < -0.4 is 21.7 Å². The van der Waals surface area contributed by atoms with Crippen LogP contribution in [0.1, 0.15) is 41.9 Å². The first-order valence-corrected chi connectivity index (χ1v) is 9.47.